The minimum atomic E-state index is -4.86. The molecule has 25 heavy (non-hydrogen) atoms. The van der Waals surface area contributed by atoms with E-state index in [1.54, 1.807) is 0 Å². The zero-order chi connectivity index (χ0) is 18.5. The lowest BCUT2D eigenvalue weighted by Crippen LogP contribution is -2.33. The number of hydrogen-bond donors (Lipinski definition) is 2. The number of rotatable bonds is 2. The van der Waals surface area contributed by atoms with Crippen LogP contribution in [0.4, 0.5) is 27.6 Å². The average Bonchev–Trinajstić information content (AvgIpc) is 2.83. The van der Waals surface area contributed by atoms with Gasteiger partial charge in [0.05, 0.1) is 17.1 Å². The van der Waals surface area contributed by atoms with Crippen molar-refractivity contribution in [1.29, 1.82) is 0 Å². The van der Waals surface area contributed by atoms with Crippen LogP contribution >= 0.6 is 0 Å². The number of halogens is 5. The van der Waals surface area contributed by atoms with E-state index in [-0.39, 0.29) is 5.69 Å². The van der Waals surface area contributed by atoms with Gasteiger partial charge in [-0.05, 0) is 12.1 Å². The number of carboxylic acid groups (broad SMARTS) is 1. The van der Waals surface area contributed by atoms with E-state index in [2.05, 4.69) is 5.32 Å². The van der Waals surface area contributed by atoms with Crippen LogP contribution in [0.15, 0.2) is 24.4 Å². The molecular formula is C15H9F5N2O3. The van der Waals surface area contributed by atoms with Gasteiger partial charge in [0.15, 0.2) is 0 Å². The van der Waals surface area contributed by atoms with Gasteiger partial charge in [-0.25, -0.2) is 13.6 Å². The van der Waals surface area contributed by atoms with Crippen molar-refractivity contribution in [3.05, 3.63) is 47.3 Å². The summed E-state index contributed by atoms with van der Waals surface area (Å²) in [5.41, 5.74) is -2.06. The van der Waals surface area contributed by atoms with Crippen LogP contribution in [-0.2, 0) is 4.79 Å². The number of anilines is 1. The maximum Gasteiger partial charge on any atom is 0.397 e. The minimum absolute atomic E-state index is 0.327. The number of aromatic nitrogens is 1. The maximum atomic E-state index is 13.4. The molecule has 0 saturated heterocycles. The molecule has 5 nitrogen and oxygen atoms in total. The van der Waals surface area contributed by atoms with Gasteiger partial charge in [0.2, 0.25) is 5.91 Å². The van der Waals surface area contributed by atoms with E-state index < -0.39 is 59.0 Å². The van der Waals surface area contributed by atoms with E-state index >= 15 is 0 Å². The van der Waals surface area contributed by atoms with Crippen molar-refractivity contribution in [3.8, 4) is 5.69 Å². The lowest BCUT2D eigenvalue weighted by Gasteiger charge is -2.27. The van der Waals surface area contributed by atoms with Gasteiger partial charge in [-0.3, -0.25) is 4.79 Å². The van der Waals surface area contributed by atoms with Crippen LogP contribution in [0, 0.1) is 11.6 Å². The molecule has 2 N–H and O–H groups in total. The fraction of sp³-hybridized carbons (Fsp3) is 0.200. The lowest BCUT2D eigenvalue weighted by atomic mass is 9.94. The molecule has 1 aromatic carbocycles. The van der Waals surface area contributed by atoms with Gasteiger partial charge in [-0.1, -0.05) is 0 Å². The summed E-state index contributed by atoms with van der Waals surface area (Å²) >= 11 is 0. The number of carbonyl (C=O) groups is 2. The number of amides is 1. The van der Waals surface area contributed by atoms with Crippen LogP contribution in [0.5, 0.6) is 0 Å². The number of carbonyl (C=O) groups excluding carboxylic acids is 1. The van der Waals surface area contributed by atoms with Crippen molar-refractivity contribution in [1.82, 2.24) is 4.57 Å². The van der Waals surface area contributed by atoms with Crippen LogP contribution in [0.2, 0.25) is 0 Å². The van der Waals surface area contributed by atoms with E-state index in [0.717, 1.165) is 22.9 Å². The zero-order valence-electron chi connectivity index (χ0n) is 12.2. The summed E-state index contributed by atoms with van der Waals surface area (Å²) in [6, 6.07) is 2.05. The molecule has 0 radical (unpaired) electrons. The Kier molecular flexibility index (Phi) is 3.77. The zero-order valence-corrected chi connectivity index (χ0v) is 12.2. The molecule has 1 aromatic heterocycles. The number of fused-ring (bicyclic) bond motifs is 1. The fourth-order valence-corrected chi connectivity index (χ4v) is 2.79. The first kappa shape index (κ1) is 16.9. The molecule has 132 valence electrons. The van der Waals surface area contributed by atoms with E-state index in [1.165, 1.54) is 0 Å². The molecule has 1 aliphatic rings. The molecular weight excluding hydrogens is 351 g/mol. The second kappa shape index (κ2) is 5.57. The normalized spacial score (nSPS) is 17.2. The van der Waals surface area contributed by atoms with Crippen LogP contribution in [0.3, 0.4) is 0 Å². The molecule has 0 aliphatic carbocycles. The van der Waals surface area contributed by atoms with E-state index in [9.17, 15) is 36.6 Å². The summed E-state index contributed by atoms with van der Waals surface area (Å²) in [4.78, 5) is 22.9. The van der Waals surface area contributed by atoms with E-state index in [4.69, 9.17) is 0 Å². The molecule has 2 aromatic rings. The minimum Gasteiger partial charge on any atom is -0.478 e. The van der Waals surface area contributed by atoms with Crippen molar-refractivity contribution < 1.29 is 36.6 Å². The molecule has 0 saturated carbocycles. The predicted molar refractivity (Wildman–Crippen MR) is 74.7 cm³/mol. The first-order valence-corrected chi connectivity index (χ1v) is 6.89. The molecule has 0 unspecified atom stereocenters. The molecule has 10 heteroatoms. The molecule has 0 spiro atoms. The summed E-state index contributed by atoms with van der Waals surface area (Å²) in [6.07, 6.45) is -5.02. The summed E-state index contributed by atoms with van der Waals surface area (Å²) in [6.45, 7) is 0. The fourth-order valence-electron chi connectivity index (χ4n) is 2.79. The highest BCUT2D eigenvalue weighted by Crippen LogP contribution is 2.46. The Morgan fingerprint density at radius 1 is 1.20 bits per heavy atom. The van der Waals surface area contributed by atoms with Crippen molar-refractivity contribution >= 4 is 17.6 Å². The Labute approximate surface area is 136 Å². The first-order chi connectivity index (χ1) is 11.6. The van der Waals surface area contributed by atoms with Crippen molar-refractivity contribution in [2.75, 3.05) is 5.32 Å². The summed E-state index contributed by atoms with van der Waals surface area (Å²) < 4.78 is 67.7. The Morgan fingerprint density at radius 3 is 2.32 bits per heavy atom. The van der Waals surface area contributed by atoms with E-state index in [1.807, 2.05) is 0 Å². The monoisotopic (exact) mass is 360 g/mol. The third-order valence-electron chi connectivity index (χ3n) is 3.78. The topological polar surface area (TPSA) is 71.3 Å². The van der Waals surface area contributed by atoms with Crippen molar-refractivity contribution in [3.63, 3.8) is 0 Å². The quantitative estimate of drug-likeness (QED) is 0.806. The summed E-state index contributed by atoms with van der Waals surface area (Å²) in [5, 5.41) is 11.3. The van der Waals surface area contributed by atoms with Gasteiger partial charge >= 0.3 is 12.1 Å². The third-order valence-corrected chi connectivity index (χ3v) is 3.78. The summed E-state index contributed by atoms with van der Waals surface area (Å²) in [5.74, 6) is -6.98. The molecule has 3 rings (SSSR count). The highest BCUT2D eigenvalue weighted by Gasteiger charge is 2.48. The predicted octanol–water partition coefficient (Wildman–Crippen LogP) is 3.44. The number of aromatic carboxylic acids is 1. The number of nitrogens with zero attached hydrogens (tertiary/aromatic N) is 1. The number of carboxylic acids is 1. The van der Waals surface area contributed by atoms with Gasteiger partial charge in [-0.2, -0.15) is 13.2 Å². The van der Waals surface area contributed by atoms with Gasteiger partial charge in [0, 0.05) is 18.7 Å². The SMILES string of the molecule is O=C1C[C@@H](C(F)(F)F)c2c(c(C(=O)O)cn2-c2cc(F)cc(F)c2)N1. The second-order valence-electron chi connectivity index (χ2n) is 5.45. The Bertz CT molecular complexity index is 868. The molecule has 0 fully saturated rings. The van der Waals surface area contributed by atoms with Gasteiger partial charge in [0.1, 0.15) is 23.1 Å². The summed E-state index contributed by atoms with van der Waals surface area (Å²) in [7, 11) is 0. The van der Waals surface area contributed by atoms with E-state index in [0.29, 0.717) is 6.07 Å². The molecule has 1 aliphatic heterocycles. The number of hydrogen-bond acceptors (Lipinski definition) is 2. The molecule has 2 heterocycles. The Hall–Kier alpha value is -2.91. The lowest BCUT2D eigenvalue weighted by molar-refractivity contribution is -0.157. The molecule has 1 atom stereocenters. The largest absolute Gasteiger partial charge is 0.478 e. The average molecular weight is 360 g/mol. The van der Waals surface area contributed by atoms with Crippen LogP contribution < -0.4 is 5.32 Å². The Balaban J connectivity index is 2.32. The molecule has 0 bridgehead atoms. The molecule has 1 amide bonds. The van der Waals surface area contributed by atoms with Crippen LogP contribution in [-0.4, -0.2) is 27.7 Å². The van der Waals surface area contributed by atoms with Gasteiger partial charge < -0.3 is 15.0 Å². The van der Waals surface area contributed by atoms with Crippen molar-refractivity contribution in [2.24, 2.45) is 0 Å². The van der Waals surface area contributed by atoms with Gasteiger partial charge in [0.25, 0.3) is 0 Å². The Morgan fingerprint density at radius 2 is 1.80 bits per heavy atom. The smallest absolute Gasteiger partial charge is 0.397 e. The maximum absolute atomic E-state index is 13.4. The third kappa shape index (κ3) is 2.94. The van der Waals surface area contributed by atoms with Crippen LogP contribution in [0.25, 0.3) is 5.69 Å². The number of alkyl halides is 3. The highest BCUT2D eigenvalue weighted by molar-refractivity contribution is 6.03. The highest BCUT2D eigenvalue weighted by atomic mass is 19.4. The van der Waals surface area contributed by atoms with Gasteiger partial charge in [-0.15, -0.1) is 0 Å². The standard InChI is InChI=1S/C15H9F5N2O3/c16-6-1-7(17)3-8(2-6)22-5-9(14(24)25)12-13(22)10(15(18,19)20)4-11(23)21-12/h1-3,5,10H,4H2,(H,21,23)(H,24,25)/t10-/m1/s1. The number of benzene rings is 1. The number of nitrogens with one attached hydrogen (secondary N) is 1. The second-order valence-corrected chi connectivity index (χ2v) is 5.45. The first-order valence-electron chi connectivity index (χ1n) is 6.89. The van der Waals surface area contributed by atoms with Crippen LogP contribution in [0.1, 0.15) is 28.4 Å². The van der Waals surface area contributed by atoms with Crippen molar-refractivity contribution in [2.45, 2.75) is 18.5 Å².